The summed E-state index contributed by atoms with van der Waals surface area (Å²) in [6, 6.07) is 3.16. The van der Waals surface area contributed by atoms with Gasteiger partial charge in [0.1, 0.15) is 5.82 Å². The van der Waals surface area contributed by atoms with Crippen LogP contribution in [-0.4, -0.2) is 10.9 Å². The second kappa shape index (κ2) is 3.24. The fraction of sp³-hybridized carbons (Fsp3) is 0.222. The number of nitrogens with one attached hydrogen (secondary N) is 1. The van der Waals surface area contributed by atoms with E-state index >= 15 is 0 Å². The topological polar surface area (TPSA) is 53.1 Å². The number of benzene rings is 1. The Balaban J connectivity index is 2.40. The third-order valence-electron chi connectivity index (χ3n) is 2.34. The highest BCUT2D eigenvalue weighted by atomic mass is 79.9. The zero-order chi connectivity index (χ0) is 10.3. The number of guanidine groups is 1. The van der Waals surface area contributed by atoms with Gasteiger partial charge in [-0.25, -0.2) is 4.39 Å². The molecule has 0 saturated carbocycles. The van der Waals surface area contributed by atoms with Gasteiger partial charge < -0.3 is 10.6 Å². The maximum Gasteiger partial charge on any atom is 0.188 e. The summed E-state index contributed by atoms with van der Waals surface area (Å²) in [5.41, 5.74) is 7.28. The highest BCUT2D eigenvalue weighted by Gasteiger charge is 2.23. The Morgan fingerprint density at radius 1 is 1.50 bits per heavy atom. The van der Waals surface area contributed by atoms with E-state index in [4.69, 9.17) is 11.1 Å². The van der Waals surface area contributed by atoms with Gasteiger partial charge in [0.05, 0.1) is 4.47 Å². The number of hydrogen-bond acceptors (Lipinski definition) is 1. The first-order valence-electron chi connectivity index (χ1n) is 4.14. The van der Waals surface area contributed by atoms with Crippen molar-refractivity contribution in [3.05, 3.63) is 33.5 Å². The molecular weight excluding hydrogens is 249 g/mol. The summed E-state index contributed by atoms with van der Waals surface area (Å²) in [4.78, 5) is 1.69. The van der Waals surface area contributed by atoms with Crippen LogP contribution in [0, 0.1) is 11.2 Å². The lowest BCUT2D eigenvalue weighted by Gasteiger charge is -2.13. The summed E-state index contributed by atoms with van der Waals surface area (Å²) < 4.78 is 13.6. The highest BCUT2D eigenvalue weighted by Crippen LogP contribution is 2.30. The first-order chi connectivity index (χ1) is 6.59. The first-order valence-corrected chi connectivity index (χ1v) is 4.93. The van der Waals surface area contributed by atoms with Crippen molar-refractivity contribution < 1.29 is 4.39 Å². The third-order valence-corrected chi connectivity index (χ3v) is 3.20. The van der Waals surface area contributed by atoms with Crippen LogP contribution in [0.4, 0.5) is 4.39 Å². The summed E-state index contributed by atoms with van der Waals surface area (Å²) in [6.07, 6.45) is 0. The summed E-state index contributed by atoms with van der Waals surface area (Å²) in [5.74, 6) is -0.248. The summed E-state index contributed by atoms with van der Waals surface area (Å²) in [7, 11) is 0. The van der Waals surface area contributed by atoms with E-state index in [1.807, 2.05) is 0 Å². The quantitative estimate of drug-likeness (QED) is 0.550. The third kappa shape index (κ3) is 1.37. The number of halogens is 2. The Morgan fingerprint density at radius 2 is 2.21 bits per heavy atom. The van der Waals surface area contributed by atoms with E-state index in [2.05, 4.69) is 15.9 Å². The van der Waals surface area contributed by atoms with Gasteiger partial charge in [-0.15, -0.1) is 0 Å². The molecule has 1 aromatic carbocycles. The van der Waals surface area contributed by atoms with Gasteiger partial charge in [0.2, 0.25) is 0 Å². The normalized spacial score (nSPS) is 14.3. The van der Waals surface area contributed by atoms with Crippen LogP contribution in [-0.2, 0) is 13.1 Å². The predicted molar refractivity (Wildman–Crippen MR) is 55.3 cm³/mol. The van der Waals surface area contributed by atoms with E-state index in [1.54, 1.807) is 11.0 Å². The molecule has 0 bridgehead atoms. The molecule has 1 aliphatic rings. The van der Waals surface area contributed by atoms with Crippen molar-refractivity contribution in [1.29, 1.82) is 5.41 Å². The van der Waals surface area contributed by atoms with E-state index in [0.29, 0.717) is 17.6 Å². The Bertz CT molecular complexity index is 405. The molecule has 0 radical (unpaired) electrons. The fourth-order valence-electron chi connectivity index (χ4n) is 1.57. The fourth-order valence-corrected chi connectivity index (χ4v) is 2.09. The Kier molecular flexibility index (Phi) is 2.19. The largest absolute Gasteiger partial charge is 0.370 e. The number of hydrogen-bond donors (Lipinski definition) is 2. The van der Waals surface area contributed by atoms with E-state index in [1.165, 1.54) is 6.07 Å². The molecule has 0 atom stereocenters. The number of nitrogens with zero attached hydrogens (tertiary/aromatic N) is 1. The van der Waals surface area contributed by atoms with Crippen LogP contribution in [0.1, 0.15) is 11.1 Å². The molecule has 3 N–H and O–H groups in total. The van der Waals surface area contributed by atoms with Crippen LogP contribution in [0.25, 0.3) is 0 Å². The van der Waals surface area contributed by atoms with Crippen molar-refractivity contribution in [3.8, 4) is 0 Å². The monoisotopic (exact) mass is 257 g/mol. The summed E-state index contributed by atoms with van der Waals surface area (Å²) >= 11 is 3.19. The van der Waals surface area contributed by atoms with Gasteiger partial charge in [-0.05, 0) is 33.1 Å². The molecule has 0 aromatic heterocycles. The van der Waals surface area contributed by atoms with E-state index in [-0.39, 0.29) is 11.8 Å². The van der Waals surface area contributed by atoms with Gasteiger partial charge in [-0.1, -0.05) is 6.07 Å². The van der Waals surface area contributed by atoms with Crippen LogP contribution in [0.2, 0.25) is 0 Å². The Morgan fingerprint density at radius 3 is 2.86 bits per heavy atom. The van der Waals surface area contributed by atoms with Crippen molar-refractivity contribution in [2.45, 2.75) is 13.1 Å². The molecule has 0 fully saturated rings. The molecule has 2 rings (SSSR count). The first kappa shape index (κ1) is 9.45. The van der Waals surface area contributed by atoms with Crippen LogP contribution < -0.4 is 5.73 Å². The minimum atomic E-state index is -0.269. The number of fused-ring (bicyclic) bond motifs is 1. The molecule has 0 spiro atoms. The molecule has 0 unspecified atom stereocenters. The maximum atomic E-state index is 13.2. The molecule has 0 saturated heterocycles. The number of rotatable bonds is 0. The zero-order valence-corrected chi connectivity index (χ0v) is 8.94. The van der Waals surface area contributed by atoms with Gasteiger partial charge in [0, 0.05) is 13.1 Å². The summed E-state index contributed by atoms with van der Waals surface area (Å²) in [5, 5.41) is 7.29. The van der Waals surface area contributed by atoms with Crippen molar-refractivity contribution >= 4 is 21.9 Å². The van der Waals surface area contributed by atoms with Crippen molar-refractivity contribution in [2.24, 2.45) is 5.73 Å². The van der Waals surface area contributed by atoms with Gasteiger partial charge in [-0.3, -0.25) is 5.41 Å². The molecular formula is C9H9BrFN3. The average molecular weight is 258 g/mol. The van der Waals surface area contributed by atoms with Gasteiger partial charge >= 0.3 is 0 Å². The van der Waals surface area contributed by atoms with Crippen molar-refractivity contribution in [1.82, 2.24) is 4.90 Å². The molecule has 3 nitrogen and oxygen atoms in total. The maximum absolute atomic E-state index is 13.2. The molecule has 14 heavy (non-hydrogen) atoms. The second-order valence-corrected chi connectivity index (χ2v) is 4.03. The predicted octanol–water partition coefficient (Wildman–Crippen LogP) is 1.80. The number of nitrogens with two attached hydrogens (primary N) is 1. The second-order valence-electron chi connectivity index (χ2n) is 3.24. The molecule has 0 aliphatic carbocycles. The minimum Gasteiger partial charge on any atom is -0.370 e. The molecule has 1 aliphatic heterocycles. The van der Waals surface area contributed by atoms with Gasteiger partial charge in [0.25, 0.3) is 0 Å². The molecule has 1 heterocycles. The smallest absolute Gasteiger partial charge is 0.188 e. The molecule has 5 heteroatoms. The minimum absolute atomic E-state index is 0.0218. The van der Waals surface area contributed by atoms with Crippen LogP contribution >= 0.6 is 15.9 Å². The summed E-state index contributed by atoms with van der Waals surface area (Å²) in [6.45, 7) is 1.09. The van der Waals surface area contributed by atoms with Gasteiger partial charge in [-0.2, -0.15) is 0 Å². The lowest BCUT2D eigenvalue weighted by atomic mass is 10.1. The van der Waals surface area contributed by atoms with E-state index in [9.17, 15) is 4.39 Å². The Hall–Kier alpha value is -1.10. The SMILES string of the molecule is N=C(N)N1Cc2ccc(F)c(Br)c2C1. The van der Waals surface area contributed by atoms with E-state index < -0.39 is 0 Å². The molecule has 1 aromatic rings. The molecule has 74 valence electrons. The molecule has 0 amide bonds. The van der Waals surface area contributed by atoms with Crippen LogP contribution in [0.5, 0.6) is 0 Å². The lowest BCUT2D eigenvalue weighted by Crippen LogP contribution is -2.31. The zero-order valence-electron chi connectivity index (χ0n) is 7.35. The highest BCUT2D eigenvalue weighted by molar-refractivity contribution is 9.10. The van der Waals surface area contributed by atoms with Crippen LogP contribution in [0.15, 0.2) is 16.6 Å². The van der Waals surface area contributed by atoms with Gasteiger partial charge in [0.15, 0.2) is 5.96 Å². The van der Waals surface area contributed by atoms with Crippen LogP contribution in [0.3, 0.4) is 0 Å². The average Bonchev–Trinajstić information content (AvgIpc) is 2.56. The Labute approximate surface area is 89.3 Å². The lowest BCUT2D eigenvalue weighted by molar-refractivity contribution is 0.438. The van der Waals surface area contributed by atoms with Crippen molar-refractivity contribution in [2.75, 3.05) is 0 Å². The van der Waals surface area contributed by atoms with Crippen molar-refractivity contribution in [3.63, 3.8) is 0 Å². The standard InChI is InChI=1S/C9H9BrFN3/c10-8-6-4-14(9(12)13)3-5(6)1-2-7(8)11/h1-2H,3-4H2,(H3,12,13). The van der Waals surface area contributed by atoms with E-state index in [0.717, 1.165) is 11.1 Å².